The lowest BCUT2D eigenvalue weighted by atomic mass is 10.0. The molecule has 0 bridgehead atoms. The third-order valence-electron chi connectivity index (χ3n) is 3.35. The topological polar surface area (TPSA) is 58.8 Å². The van der Waals surface area contributed by atoms with E-state index in [-0.39, 0.29) is 5.97 Å². The molecule has 106 valence electrons. The maximum atomic E-state index is 11.8. The molecule has 0 spiro atoms. The standard InChI is InChI=1S/C13H27N3O2/c1-5-18-12(17)13(2,14)10-16-8-6-7-11(16)9-15(3)4/h11H,5-10,14H2,1-4H3. The molecule has 18 heavy (non-hydrogen) atoms. The van der Waals surface area contributed by atoms with E-state index in [0.29, 0.717) is 19.2 Å². The molecule has 1 saturated heterocycles. The Bertz CT molecular complexity index is 279. The Morgan fingerprint density at radius 2 is 2.22 bits per heavy atom. The number of nitrogens with two attached hydrogens (primary N) is 1. The summed E-state index contributed by atoms with van der Waals surface area (Å²) >= 11 is 0. The lowest BCUT2D eigenvalue weighted by Crippen LogP contribution is -2.56. The summed E-state index contributed by atoms with van der Waals surface area (Å²) in [5.41, 5.74) is 5.18. The predicted molar refractivity (Wildman–Crippen MR) is 72.4 cm³/mol. The van der Waals surface area contributed by atoms with Gasteiger partial charge in [0.25, 0.3) is 0 Å². The first-order valence-electron chi connectivity index (χ1n) is 6.71. The summed E-state index contributed by atoms with van der Waals surface area (Å²) in [5.74, 6) is -0.305. The molecular formula is C13H27N3O2. The average Bonchev–Trinajstić information content (AvgIpc) is 2.64. The fourth-order valence-electron chi connectivity index (χ4n) is 2.51. The van der Waals surface area contributed by atoms with Gasteiger partial charge in [-0.25, -0.2) is 0 Å². The second-order valence-corrected chi connectivity index (χ2v) is 5.67. The van der Waals surface area contributed by atoms with Crippen molar-refractivity contribution < 1.29 is 9.53 Å². The van der Waals surface area contributed by atoms with Gasteiger partial charge < -0.3 is 15.4 Å². The van der Waals surface area contributed by atoms with Gasteiger partial charge in [0.1, 0.15) is 5.54 Å². The Morgan fingerprint density at radius 1 is 1.56 bits per heavy atom. The van der Waals surface area contributed by atoms with Crippen molar-refractivity contribution in [3.63, 3.8) is 0 Å². The molecule has 5 nitrogen and oxygen atoms in total. The molecule has 2 atom stereocenters. The Hall–Kier alpha value is -0.650. The fraction of sp³-hybridized carbons (Fsp3) is 0.923. The first-order valence-corrected chi connectivity index (χ1v) is 6.71. The lowest BCUT2D eigenvalue weighted by molar-refractivity contribution is -0.149. The Morgan fingerprint density at radius 3 is 2.78 bits per heavy atom. The number of hydrogen-bond acceptors (Lipinski definition) is 5. The maximum Gasteiger partial charge on any atom is 0.327 e. The van der Waals surface area contributed by atoms with Crippen LogP contribution in [0, 0.1) is 0 Å². The van der Waals surface area contributed by atoms with Crippen molar-refractivity contribution in [2.75, 3.05) is 40.3 Å². The first kappa shape index (κ1) is 15.4. The molecule has 2 unspecified atom stereocenters. The number of carbonyl (C=O) groups excluding carboxylic acids is 1. The number of likely N-dealkylation sites (tertiary alicyclic amines) is 1. The molecule has 0 aliphatic carbocycles. The predicted octanol–water partition coefficient (Wildman–Crippen LogP) is 0.293. The summed E-state index contributed by atoms with van der Waals surface area (Å²) < 4.78 is 5.03. The summed E-state index contributed by atoms with van der Waals surface area (Å²) in [6.45, 7) is 6.55. The van der Waals surface area contributed by atoms with Crippen LogP contribution in [0.1, 0.15) is 26.7 Å². The van der Waals surface area contributed by atoms with E-state index in [1.54, 1.807) is 13.8 Å². The van der Waals surface area contributed by atoms with Crippen LogP contribution in [-0.4, -0.2) is 67.7 Å². The van der Waals surface area contributed by atoms with Crippen LogP contribution in [-0.2, 0) is 9.53 Å². The zero-order valence-corrected chi connectivity index (χ0v) is 12.1. The highest BCUT2D eigenvalue weighted by Crippen LogP contribution is 2.20. The van der Waals surface area contributed by atoms with E-state index in [9.17, 15) is 4.79 Å². The van der Waals surface area contributed by atoms with Gasteiger partial charge >= 0.3 is 5.97 Å². The van der Waals surface area contributed by atoms with Crippen molar-refractivity contribution in [3.05, 3.63) is 0 Å². The molecule has 0 amide bonds. The maximum absolute atomic E-state index is 11.8. The molecule has 0 radical (unpaired) electrons. The Kier molecular flexibility index (Phi) is 5.56. The molecule has 5 heteroatoms. The molecule has 0 aromatic rings. The number of rotatable bonds is 6. The van der Waals surface area contributed by atoms with E-state index >= 15 is 0 Å². The van der Waals surface area contributed by atoms with Crippen molar-refractivity contribution in [2.24, 2.45) is 5.73 Å². The monoisotopic (exact) mass is 257 g/mol. The van der Waals surface area contributed by atoms with E-state index in [1.807, 2.05) is 0 Å². The van der Waals surface area contributed by atoms with Gasteiger partial charge in [0.2, 0.25) is 0 Å². The number of nitrogens with zero attached hydrogens (tertiary/aromatic N) is 2. The fourth-order valence-corrected chi connectivity index (χ4v) is 2.51. The zero-order valence-electron chi connectivity index (χ0n) is 12.1. The SMILES string of the molecule is CCOC(=O)C(C)(N)CN1CCCC1CN(C)C. The number of ether oxygens (including phenoxy) is 1. The van der Waals surface area contributed by atoms with Gasteiger partial charge in [-0.2, -0.15) is 0 Å². The van der Waals surface area contributed by atoms with Crippen molar-refractivity contribution >= 4 is 5.97 Å². The Balaban J connectivity index is 2.56. The minimum Gasteiger partial charge on any atom is -0.465 e. The van der Waals surface area contributed by atoms with E-state index in [0.717, 1.165) is 13.1 Å². The van der Waals surface area contributed by atoms with E-state index < -0.39 is 5.54 Å². The summed E-state index contributed by atoms with van der Waals surface area (Å²) in [7, 11) is 4.15. The zero-order chi connectivity index (χ0) is 13.8. The van der Waals surface area contributed by atoms with Crippen molar-refractivity contribution in [2.45, 2.75) is 38.3 Å². The molecule has 2 N–H and O–H groups in total. The smallest absolute Gasteiger partial charge is 0.327 e. The largest absolute Gasteiger partial charge is 0.465 e. The van der Waals surface area contributed by atoms with Crippen LogP contribution < -0.4 is 5.73 Å². The molecule has 0 aromatic carbocycles. The quantitative estimate of drug-likeness (QED) is 0.693. The third kappa shape index (κ3) is 4.23. The van der Waals surface area contributed by atoms with E-state index in [2.05, 4.69) is 23.9 Å². The molecule has 1 aliphatic heterocycles. The van der Waals surface area contributed by atoms with Gasteiger partial charge in [-0.1, -0.05) is 0 Å². The number of hydrogen-bond donors (Lipinski definition) is 1. The number of esters is 1. The highest BCUT2D eigenvalue weighted by molar-refractivity contribution is 5.80. The van der Waals surface area contributed by atoms with Gasteiger partial charge in [-0.15, -0.1) is 0 Å². The van der Waals surface area contributed by atoms with Gasteiger partial charge in [0.15, 0.2) is 0 Å². The lowest BCUT2D eigenvalue weighted by Gasteiger charge is -2.33. The second kappa shape index (κ2) is 6.50. The molecule has 0 aromatic heterocycles. The highest BCUT2D eigenvalue weighted by Gasteiger charge is 2.36. The first-order chi connectivity index (χ1) is 8.36. The van der Waals surface area contributed by atoms with Gasteiger partial charge in [0.05, 0.1) is 6.61 Å². The normalized spacial score (nSPS) is 24.2. The Labute approximate surface area is 110 Å². The van der Waals surface area contributed by atoms with Crippen LogP contribution in [0.15, 0.2) is 0 Å². The van der Waals surface area contributed by atoms with Crippen molar-refractivity contribution in [3.8, 4) is 0 Å². The summed E-state index contributed by atoms with van der Waals surface area (Å²) in [6, 6.07) is 0.498. The minimum atomic E-state index is -0.912. The third-order valence-corrected chi connectivity index (χ3v) is 3.35. The second-order valence-electron chi connectivity index (χ2n) is 5.67. The van der Waals surface area contributed by atoms with Crippen LogP contribution >= 0.6 is 0 Å². The van der Waals surface area contributed by atoms with Gasteiger partial charge in [-0.3, -0.25) is 9.69 Å². The van der Waals surface area contributed by atoms with E-state index in [4.69, 9.17) is 10.5 Å². The number of carbonyl (C=O) groups is 1. The van der Waals surface area contributed by atoms with Gasteiger partial charge in [-0.05, 0) is 47.3 Å². The van der Waals surface area contributed by atoms with Crippen LogP contribution in [0.3, 0.4) is 0 Å². The molecule has 1 rings (SSSR count). The van der Waals surface area contributed by atoms with E-state index in [1.165, 1.54) is 12.8 Å². The highest BCUT2D eigenvalue weighted by atomic mass is 16.5. The molecule has 1 heterocycles. The molecule has 1 aliphatic rings. The summed E-state index contributed by atoms with van der Waals surface area (Å²) in [4.78, 5) is 16.3. The number of likely N-dealkylation sites (N-methyl/N-ethyl adjacent to an activating group) is 1. The molecule has 1 fully saturated rings. The molecular weight excluding hydrogens is 230 g/mol. The summed E-state index contributed by atoms with van der Waals surface area (Å²) in [5, 5.41) is 0. The minimum absolute atomic E-state index is 0.305. The summed E-state index contributed by atoms with van der Waals surface area (Å²) in [6.07, 6.45) is 2.36. The van der Waals surface area contributed by atoms with Crippen molar-refractivity contribution in [1.29, 1.82) is 0 Å². The van der Waals surface area contributed by atoms with Gasteiger partial charge in [0, 0.05) is 19.1 Å². The average molecular weight is 257 g/mol. The van der Waals surface area contributed by atoms with Crippen LogP contribution in [0.2, 0.25) is 0 Å². The van der Waals surface area contributed by atoms with Crippen LogP contribution in [0.5, 0.6) is 0 Å². The van der Waals surface area contributed by atoms with Crippen molar-refractivity contribution in [1.82, 2.24) is 9.80 Å². The molecule has 0 saturated carbocycles. The van der Waals surface area contributed by atoms with Crippen LogP contribution in [0.25, 0.3) is 0 Å². The van der Waals surface area contributed by atoms with Crippen LogP contribution in [0.4, 0.5) is 0 Å².